The third-order valence-electron chi connectivity index (χ3n) is 4.66. The van der Waals surface area contributed by atoms with Crippen LogP contribution in [0, 0.1) is 0 Å². The fraction of sp³-hybridized carbons (Fsp3) is 0.333. The summed E-state index contributed by atoms with van der Waals surface area (Å²) in [4.78, 5) is 12.3. The van der Waals surface area contributed by atoms with Gasteiger partial charge in [-0.2, -0.15) is 43.9 Å². The van der Waals surface area contributed by atoms with E-state index in [2.05, 4.69) is 10.6 Å². The summed E-state index contributed by atoms with van der Waals surface area (Å²) in [5.41, 5.74) is -2.63. The predicted octanol–water partition coefficient (Wildman–Crippen LogP) is 6.88. The number of nitrogens with one attached hydrogen (secondary N) is 2. The molecule has 228 valence electrons. The molecule has 2 aromatic carbocycles. The van der Waals surface area contributed by atoms with Crippen molar-refractivity contribution in [3.63, 3.8) is 0 Å². The van der Waals surface area contributed by atoms with Crippen molar-refractivity contribution in [1.82, 2.24) is 5.32 Å². The molecular weight excluding hydrogens is 623 g/mol. The van der Waals surface area contributed by atoms with Crippen molar-refractivity contribution in [2.75, 3.05) is 12.4 Å². The molecule has 0 fully saturated rings. The van der Waals surface area contributed by atoms with Crippen LogP contribution in [0.15, 0.2) is 48.5 Å². The number of anilines is 1. The van der Waals surface area contributed by atoms with E-state index in [0.29, 0.717) is 6.07 Å². The van der Waals surface area contributed by atoms with Gasteiger partial charge in [0, 0.05) is 11.3 Å². The Kier molecular flexibility index (Phi) is 9.46. The summed E-state index contributed by atoms with van der Waals surface area (Å²) in [6.07, 6.45) is -28.0. The number of hydrogen-bond acceptors (Lipinski definition) is 5. The van der Waals surface area contributed by atoms with Crippen LogP contribution in [0.2, 0.25) is 0 Å². The van der Waals surface area contributed by atoms with Gasteiger partial charge in [-0.1, -0.05) is 24.3 Å². The Morgan fingerprint density at radius 2 is 1.32 bits per heavy atom. The predicted molar refractivity (Wildman–Crippen MR) is 115 cm³/mol. The van der Waals surface area contributed by atoms with E-state index in [0.717, 1.165) is 6.07 Å². The van der Waals surface area contributed by atoms with Crippen molar-refractivity contribution in [1.29, 1.82) is 0 Å². The average Bonchev–Trinajstić information content (AvgIpc) is 2.81. The summed E-state index contributed by atoms with van der Waals surface area (Å²) < 4.78 is 181. The first-order valence-corrected chi connectivity index (χ1v) is 10.6. The van der Waals surface area contributed by atoms with Gasteiger partial charge in [0.05, 0.1) is 12.7 Å². The van der Waals surface area contributed by atoms with Crippen molar-refractivity contribution in [3.8, 4) is 5.75 Å². The van der Waals surface area contributed by atoms with Crippen molar-refractivity contribution < 1.29 is 76.1 Å². The monoisotopic (exact) mass is 636 g/mol. The molecule has 41 heavy (non-hydrogen) atoms. The lowest BCUT2D eigenvalue weighted by Crippen LogP contribution is -2.61. The SMILES string of the molecule is COc1ccccc1C(=O)NC(=S)Nc1cccc(C(F)(F)C(F)(F)OC(F)(F)C(F)(F)C(F)(F)OC(F)(F)F)c1. The minimum absolute atomic E-state index is 0.0554. The second-order valence-corrected chi connectivity index (χ2v) is 7.95. The molecule has 2 aromatic rings. The number of carbonyl (C=O) groups excluding carboxylic acids is 1. The first-order chi connectivity index (χ1) is 18.5. The Morgan fingerprint density at radius 1 is 0.756 bits per heavy atom. The van der Waals surface area contributed by atoms with Crippen molar-refractivity contribution in [2.45, 2.75) is 36.5 Å². The maximum atomic E-state index is 14.5. The van der Waals surface area contributed by atoms with Gasteiger partial charge in [-0.05, 0) is 36.5 Å². The first kappa shape index (κ1) is 33.8. The summed E-state index contributed by atoms with van der Waals surface area (Å²) in [5.74, 6) is -14.4. The number of benzene rings is 2. The zero-order valence-electron chi connectivity index (χ0n) is 19.6. The highest BCUT2D eigenvalue weighted by atomic mass is 32.1. The zero-order chi connectivity index (χ0) is 31.7. The number of rotatable bonds is 10. The van der Waals surface area contributed by atoms with E-state index in [1.165, 1.54) is 31.4 Å². The minimum atomic E-state index is -7.54. The summed E-state index contributed by atoms with van der Waals surface area (Å²) in [7, 11) is 1.23. The molecule has 1 amide bonds. The minimum Gasteiger partial charge on any atom is -0.496 e. The number of alkyl halides is 13. The maximum Gasteiger partial charge on any atom is 0.527 e. The largest absolute Gasteiger partial charge is 0.527 e. The molecule has 0 heterocycles. The number of hydrogen-bond donors (Lipinski definition) is 2. The van der Waals surface area contributed by atoms with Gasteiger partial charge in [0.15, 0.2) is 5.11 Å². The van der Waals surface area contributed by atoms with Gasteiger partial charge in [-0.3, -0.25) is 10.1 Å². The third kappa shape index (κ3) is 7.47. The number of para-hydroxylation sites is 1. The van der Waals surface area contributed by atoms with E-state index in [1.54, 1.807) is 4.74 Å². The van der Waals surface area contributed by atoms with Crippen LogP contribution in [0.25, 0.3) is 0 Å². The van der Waals surface area contributed by atoms with Crippen LogP contribution in [0.4, 0.5) is 62.8 Å². The highest BCUT2D eigenvalue weighted by molar-refractivity contribution is 7.80. The van der Waals surface area contributed by atoms with E-state index >= 15 is 0 Å². The van der Waals surface area contributed by atoms with E-state index in [1.807, 2.05) is 4.74 Å². The molecule has 0 aliphatic rings. The highest BCUT2D eigenvalue weighted by Gasteiger charge is 2.80. The molecule has 0 aliphatic carbocycles. The Morgan fingerprint density at radius 3 is 1.88 bits per heavy atom. The smallest absolute Gasteiger partial charge is 0.496 e. The molecule has 0 radical (unpaired) electrons. The summed E-state index contributed by atoms with van der Waals surface area (Å²) >= 11 is 4.80. The number of carbonyl (C=O) groups is 1. The Bertz CT molecular complexity index is 1270. The summed E-state index contributed by atoms with van der Waals surface area (Å²) in [5, 5.41) is 3.57. The number of ether oxygens (including phenoxy) is 3. The fourth-order valence-corrected chi connectivity index (χ4v) is 3.00. The lowest BCUT2D eigenvalue weighted by Gasteiger charge is -2.35. The van der Waals surface area contributed by atoms with Gasteiger partial charge in [0.25, 0.3) is 5.91 Å². The van der Waals surface area contributed by atoms with Crippen LogP contribution in [-0.4, -0.2) is 48.7 Å². The maximum absolute atomic E-state index is 14.5. The molecule has 0 saturated heterocycles. The molecule has 2 rings (SSSR count). The summed E-state index contributed by atoms with van der Waals surface area (Å²) in [6.45, 7) is 0. The molecule has 6 nitrogen and oxygen atoms in total. The molecule has 0 spiro atoms. The van der Waals surface area contributed by atoms with E-state index < -0.39 is 58.8 Å². The average molecular weight is 636 g/mol. The molecule has 0 bridgehead atoms. The van der Waals surface area contributed by atoms with Gasteiger partial charge in [-0.15, -0.1) is 13.2 Å². The van der Waals surface area contributed by atoms with Gasteiger partial charge in [-0.25, -0.2) is 9.47 Å². The van der Waals surface area contributed by atoms with E-state index in [4.69, 9.17) is 17.0 Å². The van der Waals surface area contributed by atoms with Crippen LogP contribution in [0.3, 0.4) is 0 Å². The standard InChI is InChI=1S/C21H13F13N2O4S/c1-38-13-8-3-2-7-12(13)14(37)36-15(41)35-11-6-4-5-10(9-11)16(22,23)18(26,27)39-19(28,29)17(24,25)20(30,31)40-21(32,33)34/h2-9H,1H3,(H2,35,36,37,41). The van der Waals surface area contributed by atoms with Crippen LogP contribution >= 0.6 is 12.2 Å². The van der Waals surface area contributed by atoms with Crippen LogP contribution in [-0.2, 0) is 15.4 Å². The van der Waals surface area contributed by atoms with Crippen LogP contribution in [0.5, 0.6) is 5.75 Å². The molecule has 2 N–H and O–H groups in total. The summed E-state index contributed by atoms with van der Waals surface area (Å²) in [6, 6.07) is 7.32. The first-order valence-electron chi connectivity index (χ1n) is 10.2. The van der Waals surface area contributed by atoms with Crippen molar-refractivity contribution in [2.24, 2.45) is 0 Å². The van der Waals surface area contributed by atoms with Crippen LogP contribution < -0.4 is 15.4 Å². The van der Waals surface area contributed by atoms with Gasteiger partial charge in [0.1, 0.15) is 5.75 Å². The Balaban J connectivity index is 2.26. The second kappa shape index (κ2) is 11.5. The molecule has 0 saturated carbocycles. The Labute approximate surface area is 225 Å². The molecule has 0 unspecified atom stereocenters. The molecule has 0 aliphatic heterocycles. The lowest BCUT2D eigenvalue weighted by atomic mass is 10.1. The quantitative estimate of drug-likeness (QED) is 0.219. The molecule has 20 heteroatoms. The second-order valence-electron chi connectivity index (χ2n) is 7.54. The Hall–Kier alpha value is -3.39. The highest BCUT2D eigenvalue weighted by Crippen LogP contribution is 2.54. The molecular formula is C21H13F13N2O4S. The molecule has 0 aromatic heterocycles. The topological polar surface area (TPSA) is 68.8 Å². The zero-order valence-corrected chi connectivity index (χ0v) is 20.4. The van der Waals surface area contributed by atoms with E-state index in [-0.39, 0.29) is 23.4 Å². The third-order valence-corrected chi connectivity index (χ3v) is 4.86. The lowest BCUT2D eigenvalue weighted by molar-refractivity contribution is -0.535. The number of halogens is 13. The van der Waals surface area contributed by atoms with Crippen molar-refractivity contribution in [3.05, 3.63) is 59.7 Å². The fourth-order valence-electron chi connectivity index (χ4n) is 2.79. The van der Waals surface area contributed by atoms with Crippen molar-refractivity contribution >= 4 is 28.9 Å². The molecule has 0 atom stereocenters. The van der Waals surface area contributed by atoms with Gasteiger partial charge >= 0.3 is 36.5 Å². The number of thiocarbonyl (C=S) groups is 1. The number of amides is 1. The normalized spacial score (nSPS) is 13.5. The van der Waals surface area contributed by atoms with Gasteiger partial charge < -0.3 is 10.1 Å². The van der Waals surface area contributed by atoms with Crippen LogP contribution in [0.1, 0.15) is 15.9 Å². The van der Waals surface area contributed by atoms with E-state index in [9.17, 15) is 61.9 Å². The van der Waals surface area contributed by atoms with Gasteiger partial charge in [0.2, 0.25) is 0 Å². The number of methoxy groups -OCH3 is 1.